The van der Waals surface area contributed by atoms with Crippen LogP contribution in [0.5, 0.6) is 0 Å². The molecule has 44 heavy (non-hydrogen) atoms. The van der Waals surface area contributed by atoms with Crippen LogP contribution >= 0.6 is 0 Å². The van der Waals surface area contributed by atoms with Crippen LogP contribution in [0.15, 0.2) is 79.0 Å². The molecule has 6 heteroatoms. The second kappa shape index (κ2) is 13.7. The highest BCUT2D eigenvalue weighted by Crippen LogP contribution is 2.38. The van der Waals surface area contributed by atoms with Crippen molar-refractivity contribution in [3.05, 3.63) is 95.7 Å². The molecule has 3 aromatic carbocycles. The lowest BCUT2D eigenvalue weighted by Gasteiger charge is -2.29. The van der Waals surface area contributed by atoms with E-state index in [1.807, 2.05) is 0 Å². The van der Waals surface area contributed by atoms with Gasteiger partial charge in [0, 0.05) is 48.1 Å². The van der Waals surface area contributed by atoms with Crippen molar-refractivity contribution in [1.82, 2.24) is 15.2 Å². The monoisotopic (exact) mass is 591 g/mol. The fourth-order valence-corrected chi connectivity index (χ4v) is 7.53. The SMILES string of the molecule is Cc1cccc(C(CC(=O)NC2CCC(NC(=O)O)CC2)c2cn(CC3CCCCC3)c3ccc(-c4ccccc4)cc23)c1. The number of nitrogens with zero attached hydrogens (tertiary/aromatic N) is 1. The number of carbonyl (C=O) groups excluding carboxylic acids is 1. The molecule has 2 fully saturated rings. The average Bonchev–Trinajstić information content (AvgIpc) is 3.38. The summed E-state index contributed by atoms with van der Waals surface area (Å²) < 4.78 is 2.47. The molecule has 2 saturated carbocycles. The molecule has 1 atom stereocenters. The van der Waals surface area contributed by atoms with Crippen molar-refractivity contribution in [2.45, 2.75) is 95.7 Å². The van der Waals surface area contributed by atoms with E-state index in [1.165, 1.54) is 65.3 Å². The number of hydrogen-bond acceptors (Lipinski definition) is 2. The first-order valence-electron chi connectivity index (χ1n) is 16.5. The summed E-state index contributed by atoms with van der Waals surface area (Å²) in [5.41, 5.74) is 7.19. The van der Waals surface area contributed by atoms with Gasteiger partial charge < -0.3 is 20.3 Å². The molecular weight excluding hydrogens is 546 g/mol. The minimum absolute atomic E-state index is 0.0326. The number of aryl methyl sites for hydroxylation is 1. The van der Waals surface area contributed by atoms with E-state index >= 15 is 0 Å². The summed E-state index contributed by atoms with van der Waals surface area (Å²) >= 11 is 0. The van der Waals surface area contributed by atoms with E-state index in [9.17, 15) is 9.59 Å². The molecule has 2 aliphatic carbocycles. The maximum absolute atomic E-state index is 13.7. The van der Waals surface area contributed by atoms with Crippen molar-refractivity contribution in [3.8, 4) is 11.1 Å². The van der Waals surface area contributed by atoms with Crippen LogP contribution < -0.4 is 10.6 Å². The fourth-order valence-electron chi connectivity index (χ4n) is 7.53. The standard InChI is InChI=1S/C38H45N3O3/c1-26-9-8-14-30(21-26)33(23-37(42)39-31-16-18-32(19-17-31)40-38(43)44)35-25-41(24-27-10-4-2-5-11-27)36-20-15-29(22-34(35)36)28-12-6-3-7-13-28/h3,6-9,12-15,20-22,25,27,31-33,40H,2,4-5,10-11,16-19,23-24H2,1H3,(H,39,42)(H,43,44). The van der Waals surface area contributed by atoms with Gasteiger partial charge in [-0.3, -0.25) is 4.79 Å². The van der Waals surface area contributed by atoms with Gasteiger partial charge in [-0.2, -0.15) is 0 Å². The molecule has 4 aromatic rings. The van der Waals surface area contributed by atoms with Gasteiger partial charge in [0.15, 0.2) is 0 Å². The Hall–Kier alpha value is -4.06. The third-order valence-corrected chi connectivity index (χ3v) is 9.83. The van der Waals surface area contributed by atoms with E-state index in [-0.39, 0.29) is 23.9 Å². The van der Waals surface area contributed by atoms with E-state index in [0.717, 1.165) is 37.8 Å². The second-order valence-corrected chi connectivity index (χ2v) is 13.1. The number of aromatic nitrogens is 1. The molecule has 2 aliphatic rings. The molecule has 230 valence electrons. The Morgan fingerprint density at radius 1 is 0.818 bits per heavy atom. The lowest BCUT2D eigenvalue weighted by Crippen LogP contribution is -2.43. The molecule has 1 aromatic heterocycles. The van der Waals surface area contributed by atoms with Gasteiger partial charge in [-0.25, -0.2) is 4.79 Å². The number of carboxylic acid groups (broad SMARTS) is 1. The summed E-state index contributed by atoms with van der Waals surface area (Å²) in [7, 11) is 0. The van der Waals surface area contributed by atoms with Gasteiger partial charge in [0.1, 0.15) is 0 Å². The number of benzene rings is 3. The molecule has 0 aliphatic heterocycles. The number of nitrogens with one attached hydrogen (secondary N) is 2. The third-order valence-electron chi connectivity index (χ3n) is 9.83. The Balaban J connectivity index is 1.34. The largest absolute Gasteiger partial charge is 0.465 e. The molecule has 6 nitrogen and oxygen atoms in total. The quantitative estimate of drug-likeness (QED) is 0.183. The molecule has 2 amide bonds. The predicted octanol–water partition coefficient (Wildman–Crippen LogP) is 8.41. The van der Waals surface area contributed by atoms with Crippen LogP contribution in [0.25, 0.3) is 22.0 Å². The van der Waals surface area contributed by atoms with Crippen LogP contribution in [0.1, 0.15) is 86.8 Å². The predicted molar refractivity (Wildman–Crippen MR) is 177 cm³/mol. The minimum atomic E-state index is -0.975. The second-order valence-electron chi connectivity index (χ2n) is 13.1. The first kappa shape index (κ1) is 30.0. The van der Waals surface area contributed by atoms with E-state index in [1.54, 1.807) is 0 Å². The average molecular weight is 592 g/mol. The van der Waals surface area contributed by atoms with Crippen LogP contribution in [-0.4, -0.2) is 33.8 Å². The van der Waals surface area contributed by atoms with Crippen molar-refractivity contribution in [1.29, 1.82) is 0 Å². The first-order chi connectivity index (χ1) is 21.4. The van der Waals surface area contributed by atoms with Gasteiger partial charge in [-0.05, 0) is 85.8 Å². The first-order valence-corrected chi connectivity index (χ1v) is 16.5. The van der Waals surface area contributed by atoms with E-state index in [4.69, 9.17) is 5.11 Å². The van der Waals surface area contributed by atoms with Gasteiger partial charge in [0.25, 0.3) is 0 Å². The van der Waals surface area contributed by atoms with Gasteiger partial charge in [0.2, 0.25) is 5.91 Å². The van der Waals surface area contributed by atoms with E-state index in [2.05, 4.69) is 101 Å². The normalized spacial score (nSPS) is 19.8. The van der Waals surface area contributed by atoms with Gasteiger partial charge >= 0.3 is 6.09 Å². The van der Waals surface area contributed by atoms with Gasteiger partial charge in [-0.15, -0.1) is 0 Å². The molecule has 1 heterocycles. The highest BCUT2D eigenvalue weighted by molar-refractivity contribution is 5.90. The lowest BCUT2D eigenvalue weighted by atomic mass is 9.86. The maximum Gasteiger partial charge on any atom is 0.404 e. The van der Waals surface area contributed by atoms with E-state index < -0.39 is 6.09 Å². The van der Waals surface area contributed by atoms with Gasteiger partial charge in [0.05, 0.1) is 0 Å². The Morgan fingerprint density at radius 2 is 1.55 bits per heavy atom. The number of carbonyl (C=O) groups is 2. The highest BCUT2D eigenvalue weighted by atomic mass is 16.4. The zero-order valence-electron chi connectivity index (χ0n) is 25.8. The lowest BCUT2D eigenvalue weighted by molar-refractivity contribution is -0.122. The summed E-state index contributed by atoms with van der Waals surface area (Å²) in [6, 6.07) is 26.0. The van der Waals surface area contributed by atoms with Crippen LogP contribution in [0.2, 0.25) is 0 Å². The smallest absolute Gasteiger partial charge is 0.404 e. The Labute approximate surface area is 260 Å². The molecule has 6 rings (SSSR count). The van der Waals surface area contributed by atoms with Gasteiger partial charge in [-0.1, -0.05) is 85.5 Å². The van der Waals surface area contributed by atoms with Crippen LogP contribution in [0.4, 0.5) is 4.79 Å². The van der Waals surface area contributed by atoms with Crippen LogP contribution in [-0.2, 0) is 11.3 Å². The van der Waals surface area contributed by atoms with Crippen molar-refractivity contribution >= 4 is 22.9 Å². The summed E-state index contributed by atoms with van der Waals surface area (Å²) in [5, 5.41) is 16.2. The topological polar surface area (TPSA) is 83.4 Å². The Morgan fingerprint density at radius 3 is 2.25 bits per heavy atom. The van der Waals surface area contributed by atoms with Crippen molar-refractivity contribution in [3.63, 3.8) is 0 Å². The molecule has 0 bridgehead atoms. The summed E-state index contributed by atoms with van der Waals surface area (Å²) in [4.78, 5) is 24.8. The Kier molecular flexibility index (Phi) is 9.34. The number of hydrogen-bond donors (Lipinski definition) is 3. The number of amides is 2. The maximum atomic E-state index is 13.7. The minimum Gasteiger partial charge on any atom is -0.465 e. The molecule has 0 saturated heterocycles. The molecular formula is C38H45N3O3. The highest BCUT2D eigenvalue weighted by Gasteiger charge is 2.27. The number of fused-ring (bicyclic) bond motifs is 1. The zero-order valence-corrected chi connectivity index (χ0v) is 25.8. The third kappa shape index (κ3) is 7.18. The summed E-state index contributed by atoms with van der Waals surface area (Å²) in [6.45, 7) is 3.13. The molecule has 1 unspecified atom stereocenters. The van der Waals surface area contributed by atoms with Crippen molar-refractivity contribution < 1.29 is 14.7 Å². The van der Waals surface area contributed by atoms with Crippen LogP contribution in [0.3, 0.4) is 0 Å². The molecule has 0 spiro atoms. The van der Waals surface area contributed by atoms with Crippen LogP contribution in [0, 0.1) is 12.8 Å². The zero-order chi connectivity index (χ0) is 30.5. The fraction of sp³-hybridized carbons (Fsp3) is 0.421. The summed E-state index contributed by atoms with van der Waals surface area (Å²) in [5.74, 6) is 0.659. The number of rotatable bonds is 9. The molecule has 0 radical (unpaired) electrons. The summed E-state index contributed by atoms with van der Waals surface area (Å²) in [6.07, 6.45) is 11.3. The molecule has 3 N–H and O–H groups in total. The van der Waals surface area contributed by atoms with E-state index in [0.29, 0.717) is 12.3 Å². The Bertz CT molecular complexity index is 1580. The van der Waals surface area contributed by atoms with Crippen molar-refractivity contribution in [2.24, 2.45) is 5.92 Å². The van der Waals surface area contributed by atoms with Crippen molar-refractivity contribution in [2.75, 3.05) is 0 Å².